The van der Waals surface area contributed by atoms with Crippen molar-refractivity contribution in [3.05, 3.63) is 28.3 Å². The van der Waals surface area contributed by atoms with E-state index >= 15 is 0 Å². The summed E-state index contributed by atoms with van der Waals surface area (Å²) in [6, 6.07) is 5.12. The van der Waals surface area contributed by atoms with Gasteiger partial charge in [-0.15, -0.1) is 0 Å². The minimum atomic E-state index is -0.391. The zero-order valence-electron chi connectivity index (χ0n) is 12.4. The number of anilines is 1. The van der Waals surface area contributed by atoms with Gasteiger partial charge < -0.3 is 10.1 Å². The Bertz CT molecular complexity index is 452. The van der Waals surface area contributed by atoms with Crippen molar-refractivity contribution < 1.29 is 9.66 Å². The van der Waals surface area contributed by atoms with Crippen LogP contribution in [-0.4, -0.2) is 29.1 Å². The monoisotopic (exact) mass is 298 g/mol. The lowest BCUT2D eigenvalue weighted by Crippen LogP contribution is -2.11. The molecule has 0 fully saturated rings. The third kappa shape index (κ3) is 4.92. The third-order valence-corrected chi connectivity index (χ3v) is 3.85. The molecule has 20 heavy (non-hydrogen) atoms. The molecule has 0 bridgehead atoms. The summed E-state index contributed by atoms with van der Waals surface area (Å²) in [5.41, 5.74) is 0.527. The highest BCUT2D eigenvalue weighted by molar-refractivity contribution is 7.99. The van der Waals surface area contributed by atoms with Crippen LogP contribution in [0.5, 0.6) is 5.75 Å². The number of hydrogen-bond acceptors (Lipinski definition) is 5. The highest BCUT2D eigenvalue weighted by atomic mass is 32.2. The molecule has 0 heterocycles. The van der Waals surface area contributed by atoms with E-state index in [0.29, 0.717) is 23.2 Å². The first kappa shape index (κ1) is 16.6. The molecule has 0 aliphatic heterocycles. The Morgan fingerprint density at radius 2 is 2.10 bits per heavy atom. The number of benzene rings is 1. The molecule has 1 aromatic carbocycles. The molecule has 0 saturated heterocycles. The maximum atomic E-state index is 11.3. The summed E-state index contributed by atoms with van der Waals surface area (Å²) in [5.74, 6) is 0.313. The molecule has 0 radical (unpaired) electrons. The lowest BCUT2D eigenvalue weighted by atomic mass is 10.2. The molecule has 0 amide bonds. The smallest absolute Gasteiger partial charge is 0.333 e. The lowest BCUT2D eigenvalue weighted by molar-refractivity contribution is -0.385. The van der Waals surface area contributed by atoms with Crippen molar-refractivity contribution in [1.82, 2.24) is 0 Å². The van der Waals surface area contributed by atoms with E-state index in [1.54, 1.807) is 30.0 Å². The third-order valence-electron chi connectivity index (χ3n) is 2.81. The van der Waals surface area contributed by atoms with Crippen molar-refractivity contribution in [2.45, 2.75) is 38.5 Å². The molecule has 6 heteroatoms. The van der Waals surface area contributed by atoms with Crippen molar-refractivity contribution >= 4 is 23.1 Å². The first-order valence-electron chi connectivity index (χ1n) is 6.66. The van der Waals surface area contributed by atoms with Crippen LogP contribution in [-0.2, 0) is 0 Å². The number of nitro benzene ring substituents is 1. The molecule has 112 valence electrons. The van der Waals surface area contributed by atoms with Crippen LogP contribution in [0.4, 0.5) is 11.4 Å². The summed E-state index contributed by atoms with van der Waals surface area (Å²) in [6.45, 7) is 6.54. The fourth-order valence-electron chi connectivity index (χ4n) is 1.73. The summed E-state index contributed by atoms with van der Waals surface area (Å²) in [4.78, 5) is 10.9. The number of nitrogens with zero attached hydrogens (tertiary/aromatic N) is 1. The van der Waals surface area contributed by atoms with Crippen LogP contribution in [0.25, 0.3) is 0 Å². The minimum Gasteiger partial charge on any atom is -0.484 e. The zero-order valence-corrected chi connectivity index (χ0v) is 13.2. The molecule has 5 nitrogen and oxygen atoms in total. The highest BCUT2D eigenvalue weighted by Crippen LogP contribution is 2.35. The van der Waals surface area contributed by atoms with Gasteiger partial charge in [0.05, 0.1) is 11.0 Å². The molecular weight excluding hydrogens is 276 g/mol. The van der Waals surface area contributed by atoms with E-state index in [4.69, 9.17) is 4.74 Å². The SMILES string of the molecule is CSC(C)CCNc1cccc(OC(C)C)c1[N+](=O)[O-]. The molecule has 0 spiro atoms. The van der Waals surface area contributed by atoms with Gasteiger partial charge in [-0.1, -0.05) is 13.0 Å². The molecule has 0 aliphatic carbocycles. The predicted octanol–water partition coefficient (Wildman–Crippen LogP) is 3.94. The van der Waals surface area contributed by atoms with E-state index < -0.39 is 4.92 Å². The standard InChI is InChI=1S/C14H22N2O3S/c1-10(2)19-13-7-5-6-12(14(13)16(17)18)15-9-8-11(3)20-4/h5-7,10-11,15H,8-9H2,1-4H3. The number of nitro groups is 1. The van der Waals surface area contributed by atoms with Gasteiger partial charge in [0, 0.05) is 11.8 Å². The molecule has 0 saturated carbocycles. The molecule has 0 aliphatic rings. The number of hydrogen-bond donors (Lipinski definition) is 1. The molecule has 1 rings (SSSR count). The van der Waals surface area contributed by atoms with Gasteiger partial charge in [0.1, 0.15) is 5.69 Å². The van der Waals surface area contributed by atoms with E-state index in [1.807, 2.05) is 13.8 Å². The van der Waals surface area contributed by atoms with Gasteiger partial charge in [-0.3, -0.25) is 10.1 Å². The van der Waals surface area contributed by atoms with Crippen LogP contribution < -0.4 is 10.1 Å². The van der Waals surface area contributed by atoms with E-state index in [1.165, 1.54) is 0 Å². The average molecular weight is 298 g/mol. The second-order valence-corrected chi connectivity index (χ2v) is 6.11. The van der Waals surface area contributed by atoms with Gasteiger partial charge in [0.25, 0.3) is 0 Å². The maximum absolute atomic E-state index is 11.3. The fourth-order valence-corrected chi connectivity index (χ4v) is 2.08. The van der Waals surface area contributed by atoms with Gasteiger partial charge in [-0.25, -0.2) is 0 Å². The minimum absolute atomic E-state index is 0.0120. The van der Waals surface area contributed by atoms with Crippen LogP contribution in [0.3, 0.4) is 0 Å². The molecule has 1 N–H and O–H groups in total. The average Bonchev–Trinajstić information content (AvgIpc) is 2.37. The van der Waals surface area contributed by atoms with Crippen LogP contribution >= 0.6 is 11.8 Å². The van der Waals surface area contributed by atoms with E-state index in [-0.39, 0.29) is 11.8 Å². The summed E-state index contributed by atoms with van der Waals surface area (Å²) >= 11 is 1.78. The topological polar surface area (TPSA) is 64.4 Å². The molecular formula is C14H22N2O3S. The van der Waals surface area contributed by atoms with Crippen molar-refractivity contribution in [3.8, 4) is 5.75 Å². The van der Waals surface area contributed by atoms with E-state index in [2.05, 4.69) is 18.5 Å². The van der Waals surface area contributed by atoms with Gasteiger partial charge in [-0.2, -0.15) is 11.8 Å². The first-order valence-corrected chi connectivity index (χ1v) is 7.95. The fraction of sp³-hybridized carbons (Fsp3) is 0.571. The van der Waals surface area contributed by atoms with Gasteiger partial charge in [0.15, 0.2) is 5.75 Å². The Morgan fingerprint density at radius 1 is 1.40 bits per heavy atom. The Labute approximate surface area is 124 Å². The highest BCUT2D eigenvalue weighted by Gasteiger charge is 2.21. The Kier molecular flexibility index (Phi) is 6.64. The number of ether oxygens (including phenoxy) is 1. The van der Waals surface area contributed by atoms with Gasteiger partial charge in [-0.05, 0) is 38.7 Å². The van der Waals surface area contributed by atoms with Crippen molar-refractivity contribution in [2.75, 3.05) is 18.1 Å². The Morgan fingerprint density at radius 3 is 2.65 bits per heavy atom. The molecule has 0 aromatic heterocycles. The Hall–Kier alpha value is -1.43. The van der Waals surface area contributed by atoms with Crippen LogP contribution in [0.1, 0.15) is 27.2 Å². The van der Waals surface area contributed by atoms with Crippen molar-refractivity contribution in [3.63, 3.8) is 0 Å². The number of thioether (sulfide) groups is 1. The van der Waals surface area contributed by atoms with E-state index in [0.717, 1.165) is 6.42 Å². The second-order valence-electron chi connectivity index (χ2n) is 4.84. The summed E-state index contributed by atoms with van der Waals surface area (Å²) < 4.78 is 5.51. The second kappa shape index (κ2) is 7.99. The quantitative estimate of drug-likeness (QED) is 0.582. The van der Waals surface area contributed by atoms with Crippen LogP contribution in [0.15, 0.2) is 18.2 Å². The van der Waals surface area contributed by atoms with Crippen molar-refractivity contribution in [2.24, 2.45) is 0 Å². The summed E-state index contributed by atoms with van der Waals surface area (Å²) in [7, 11) is 0. The Balaban J connectivity index is 2.86. The van der Waals surface area contributed by atoms with Gasteiger partial charge >= 0.3 is 5.69 Å². The van der Waals surface area contributed by atoms with Crippen LogP contribution in [0.2, 0.25) is 0 Å². The molecule has 1 unspecified atom stereocenters. The van der Waals surface area contributed by atoms with E-state index in [9.17, 15) is 10.1 Å². The normalized spacial score (nSPS) is 12.2. The predicted molar refractivity (Wildman–Crippen MR) is 84.9 cm³/mol. The maximum Gasteiger partial charge on any atom is 0.333 e. The largest absolute Gasteiger partial charge is 0.484 e. The zero-order chi connectivity index (χ0) is 15.1. The van der Waals surface area contributed by atoms with Gasteiger partial charge in [0.2, 0.25) is 0 Å². The number of para-hydroxylation sites is 1. The first-order chi connectivity index (χ1) is 9.45. The summed E-state index contributed by atoms with van der Waals surface area (Å²) in [5, 5.41) is 14.9. The number of nitrogens with one attached hydrogen (secondary N) is 1. The molecule has 1 atom stereocenters. The number of rotatable bonds is 8. The molecule has 1 aromatic rings. The van der Waals surface area contributed by atoms with Crippen molar-refractivity contribution in [1.29, 1.82) is 0 Å². The summed E-state index contributed by atoms with van der Waals surface area (Å²) in [6.07, 6.45) is 2.91. The lowest BCUT2D eigenvalue weighted by Gasteiger charge is -2.14. The van der Waals surface area contributed by atoms with Crippen LogP contribution in [0, 0.1) is 10.1 Å².